The molecule has 0 atom stereocenters. The summed E-state index contributed by atoms with van der Waals surface area (Å²) in [4.78, 5) is 15.3. The average molecular weight is 294 g/mol. The summed E-state index contributed by atoms with van der Waals surface area (Å²) in [5.74, 6) is 1.30. The molecule has 3 aromatic rings. The number of carbonyl (C=O) groups excluding carboxylic acids is 1. The van der Waals surface area contributed by atoms with Gasteiger partial charge in [0.15, 0.2) is 11.5 Å². The van der Waals surface area contributed by atoms with Gasteiger partial charge in [0.25, 0.3) is 0 Å². The fourth-order valence-corrected chi connectivity index (χ4v) is 2.58. The number of carbonyl (C=O) groups is 1. The number of fused-ring (bicyclic) bond motifs is 2. The maximum atomic E-state index is 12.2. The zero-order valence-corrected chi connectivity index (χ0v) is 11.8. The fraction of sp³-hybridized carbons (Fsp3) is 0.118. The SMILES string of the molecule is O=C(Cc1ccc2[nH]ccc2c1)Nc1ccc2c(c1)OCO2. The topological polar surface area (TPSA) is 63.4 Å². The lowest BCUT2D eigenvalue weighted by molar-refractivity contribution is -0.115. The van der Waals surface area contributed by atoms with E-state index < -0.39 is 0 Å². The van der Waals surface area contributed by atoms with Crippen molar-refractivity contribution in [2.24, 2.45) is 0 Å². The zero-order valence-electron chi connectivity index (χ0n) is 11.8. The van der Waals surface area contributed by atoms with Gasteiger partial charge in [-0.25, -0.2) is 0 Å². The Morgan fingerprint density at radius 2 is 2.00 bits per heavy atom. The molecular weight excluding hydrogens is 280 g/mol. The van der Waals surface area contributed by atoms with Crippen molar-refractivity contribution >= 4 is 22.5 Å². The smallest absolute Gasteiger partial charge is 0.231 e. The third-order valence-electron chi connectivity index (χ3n) is 3.64. The van der Waals surface area contributed by atoms with Crippen molar-refractivity contribution in [3.63, 3.8) is 0 Å². The lowest BCUT2D eigenvalue weighted by atomic mass is 10.1. The van der Waals surface area contributed by atoms with Gasteiger partial charge in [0.1, 0.15) is 0 Å². The Morgan fingerprint density at radius 1 is 1.09 bits per heavy atom. The first kappa shape index (κ1) is 12.8. The van der Waals surface area contributed by atoms with Crippen LogP contribution >= 0.6 is 0 Å². The zero-order chi connectivity index (χ0) is 14.9. The molecule has 0 radical (unpaired) electrons. The maximum absolute atomic E-state index is 12.2. The highest BCUT2D eigenvalue weighted by molar-refractivity contribution is 5.93. The van der Waals surface area contributed by atoms with E-state index in [4.69, 9.17) is 9.47 Å². The third-order valence-corrected chi connectivity index (χ3v) is 3.64. The summed E-state index contributed by atoms with van der Waals surface area (Å²) in [7, 11) is 0. The van der Waals surface area contributed by atoms with Crippen LogP contribution in [0.5, 0.6) is 11.5 Å². The van der Waals surface area contributed by atoms with E-state index in [0.717, 1.165) is 16.5 Å². The summed E-state index contributed by atoms with van der Waals surface area (Å²) >= 11 is 0. The summed E-state index contributed by atoms with van der Waals surface area (Å²) in [6, 6.07) is 13.3. The molecule has 2 N–H and O–H groups in total. The molecule has 4 rings (SSSR count). The van der Waals surface area contributed by atoms with E-state index in [9.17, 15) is 4.79 Å². The molecule has 0 unspecified atom stereocenters. The quantitative estimate of drug-likeness (QED) is 0.780. The molecule has 0 aliphatic carbocycles. The van der Waals surface area contributed by atoms with E-state index in [2.05, 4.69) is 10.3 Å². The first-order chi connectivity index (χ1) is 10.8. The van der Waals surface area contributed by atoms with Crippen LogP contribution in [0, 0.1) is 0 Å². The molecule has 5 heteroatoms. The minimum atomic E-state index is -0.0613. The van der Waals surface area contributed by atoms with Crippen LogP contribution in [0.2, 0.25) is 0 Å². The number of amides is 1. The number of H-pyrrole nitrogens is 1. The molecule has 5 nitrogen and oxygen atoms in total. The van der Waals surface area contributed by atoms with Crippen LogP contribution in [0.1, 0.15) is 5.56 Å². The van der Waals surface area contributed by atoms with Crippen molar-refractivity contribution in [1.82, 2.24) is 4.98 Å². The first-order valence-corrected chi connectivity index (χ1v) is 7.03. The Hall–Kier alpha value is -2.95. The summed E-state index contributed by atoms with van der Waals surface area (Å²) in [6.45, 7) is 0.226. The summed E-state index contributed by atoms with van der Waals surface area (Å²) in [6.07, 6.45) is 2.22. The minimum Gasteiger partial charge on any atom is -0.454 e. The van der Waals surface area contributed by atoms with Crippen LogP contribution in [-0.2, 0) is 11.2 Å². The van der Waals surface area contributed by atoms with Gasteiger partial charge in [-0.05, 0) is 41.3 Å². The summed E-state index contributed by atoms with van der Waals surface area (Å²) in [5.41, 5.74) is 2.75. The monoisotopic (exact) mass is 294 g/mol. The van der Waals surface area contributed by atoms with Gasteiger partial charge in [-0.1, -0.05) is 6.07 Å². The highest BCUT2D eigenvalue weighted by Gasteiger charge is 2.14. The lowest BCUT2D eigenvalue weighted by Crippen LogP contribution is -2.14. The fourth-order valence-electron chi connectivity index (χ4n) is 2.58. The Bertz CT molecular complexity index is 854. The summed E-state index contributed by atoms with van der Waals surface area (Å²) in [5, 5.41) is 3.98. The van der Waals surface area contributed by atoms with E-state index in [1.165, 1.54) is 0 Å². The van der Waals surface area contributed by atoms with Crippen molar-refractivity contribution in [3.8, 4) is 11.5 Å². The summed E-state index contributed by atoms with van der Waals surface area (Å²) < 4.78 is 10.6. The number of aromatic nitrogens is 1. The highest BCUT2D eigenvalue weighted by atomic mass is 16.7. The number of ether oxygens (including phenoxy) is 2. The first-order valence-electron chi connectivity index (χ1n) is 7.03. The second-order valence-corrected chi connectivity index (χ2v) is 5.19. The van der Waals surface area contributed by atoms with Gasteiger partial charge in [0, 0.05) is 23.5 Å². The van der Waals surface area contributed by atoms with Gasteiger partial charge < -0.3 is 19.8 Å². The number of aromatic amines is 1. The lowest BCUT2D eigenvalue weighted by Gasteiger charge is -2.06. The Morgan fingerprint density at radius 3 is 2.95 bits per heavy atom. The molecule has 22 heavy (non-hydrogen) atoms. The molecule has 2 heterocycles. The van der Waals surface area contributed by atoms with Crippen LogP contribution in [0.4, 0.5) is 5.69 Å². The van der Waals surface area contributed by atoms with Gasteiger partial charge in [0.05, 0.1) is 6.42 Å². The average Bonchev–Trinajstić information content (AvgIpc) is 3.14. The molecule has 0 spiro atoms. The minimum absolute atomic E-state index is 0.0613. The number of hydrogen-bond acceptors (Lipinski definition) is 3. The van der Waals surface area contributed by atoms with Gasteiger partial charge in [-0.2, -0.15) is 0 Å². The number of hydrogen-bond donors (Lipinski definition) is 2. The largest absolute Gasteiger partial charge is 0.454 e. The van der Waals surface area contributed by atoms with E-state index in [-0.39, 0.29) is 12.7 Å². The van der Waals surface area contributed by atoms with Gasteiger partial charge >= 0.3 is 0 Å². The predicted molar refractivity (Wildman–Crippen MR) is 83.2 cm³/mol. The highest BCUT2D eigenvalue weighted by Crippen LogP contribution is 2.34. The standard InChI is InChI=1S/C17H14N2O3/c20-17(8-11-1-3-14-12(7-11)5-6-18-14)19-13-2-4-15-16(9-13)22-10-21-15/h1-7,9,18H,8,10H2,(H,19,20). The molecule has 1 aliphatic heterocycles. The van der Waals surface area contributed by atoms with Crippen LogP contribution in [0.15, 0.2) is 48.7 Å². The van der Waals surface area contributed by atoms with Crippen molar-refractivity contribution < 1.29 is 14.3 Å². The van der Waals surface area contributed by atoms with Gasteiger partial charge in [-0.15, -0.1) is 0 Å². The molecule has 1 amide bonds. The number of nitrogens with one attached hydrogen (secondary N) is 2. The Kier molecular flexibility index (Phi) is 2.96. The van der Waals surface area contributed by atoms with E-state index in [1.54, 1.807) is 18.2 Å². The third kappa shape index (κ3) is 2.37. The van der Waals surface area contributed by atoms with Crippen LogP contribution in [0.25, 0.3) is 10.9 Å². The Balaban J connectivity index is 1.47. The number of rotatable bonds is 3. The van der Waals surface area contributed by atoms with Crippen LogP contribution in [-0.4, -0.2) is 17.7 Å². The van der Waals surface area contributed by atoms with Gasteiger partial charge in [-0.3, -0.25) is 4.79 Å². The van der Waals surface area contributed by atoms with Crippen LogP contribution in [0.3, 0.4) is 0 Å². The number of benzene rings is 2. The second-order valence-electron chi connectivity index (χ2n) is 5.19. The second kappa shape index (κ2) is 5.11. The normalized spacial score (nSPS) is 12.5. The van der Waals surface area contributed by atoms with E-state index in [0.29, 0.717) is 23.6 Å². The van der Waals surface area contributed by atoms with Crippen molar-refractivity contribution in [2.75, 3.05) is 12.1 Å². The van der Waals surface area contributed by atoms with Gasteiger partial charge in [0.2, 0.25) is 12.7 Å². The molecule has 0 fully saturated rings. The van der Waals surface area contributed by atoms with E-state index in [1.807, 2.05) is 30.5 Å². The van der Waals surface area contributed by atoms with Crippen molar-refractivity contribution in [3.05, 3.63) is 54.2 Å². The predicted octanol–water partition coefficient (Wildman–Crippen LogP) is 3.08. The molecule has 0 saturated carbocycles. The molecule has 1 aliphatic rings. The molecule has 0 saturated heterocycles. The molecule has 0 bridgehead atoms. The molecule has 110 valence electrons. The van der Waals surface area contributed by atoms with Crippen molar-refractivity contribution in [1.29, 1.82) is 0 Å². The Labute approximate surface area is 126 Å². The van der Waals surface area contributed by atoms with E-state index >= 15 is 0 Å². The number of anilines is 1. The molecule has 1 aromatic heterocycles. The maximum Gasteiger partial charge on any atom is 0.231 e. The molecule has 2 aromatic carbocycles. The molecular formula is C17H14N2O3. The van der Waals surface area contributed by atoms with Crippen molar-refractivity contribution in [2.45, 2.75) is 6.42 Å². The van der Waals surface area contributed by atoms with Crippen LogP contribution < -0.4 is 14.8 Å².